The van der Waals surface area contributed by atoms with E-state index >= 15 is 0 Å². The molecule has 1 aromatic carbocycles. The summed E-state index contributed by atoms with van der Waals surface area (Å²) in [6, 6.07) is 8.96. The molecule has 0 spiro atoms. The van der Waals surface area contributed by atoms with Gasteiger partial charge in [-0.25, -0.2) is 0 Å². The number of nitrogens with two attached hydrogens (primary N) is 1. The number of hydrogen-bond acceptors (Lipinski definition) is 1. The molecule has 0 amide bonds. The van der Waals surface area contributed by atoms with Crippen LogP contribution in [0, 0.1) is 5.92 Å². The molecule has 0 bridgehead atoms. The first kappa shape index (κ1) is 17.8. The number of aliphatic imine (C=N–C) groups is 1. The zero-order chi connectivity index (χ0) is 13.8. The molecule has 1 fully saturated rings. The Bertz CT molecular complexity index is 445. The van der Waals surface area contributed by atoms with Crippen molar-refractivity contribution in [2.75, 3.05) is 6.54 Å². The van der Waals surface area contributed by atoms with E-state index in [9.17, 15) is 0 Å². The van der Waals surface area contributed by atoms with Gasteiger partial charge in [-0.15, -0.1) is 24.0 Å². The first-order chi connectivity index (χ1) is 9.06. The van der Waals surface area contributed by atoms with E-state index in [4.69, 9.17) is 5.73 Å². The van der Waals surface area contributed by atoms with E-state index in [2.05, 4.69) is 64.4 Å². The number of hydrogen-bond donors (Lipinski definition) is 2. The van der Waals surface area contributed by atoms with E-state index < -0.39 is 0 Å². The summed E-state index contributed by atoms with van der Waals surface area (Å²) in [4.78, 5) is 4.36. The summed E-state index contributed by atoms with van der Waals surface area (Å²) in [5.74, 6) is 1.84. The largest absolute Gasteiger partial charge is 0.370 e. The van der Waals surface area contributed by atoms with Crippen LogP contribution in [0.3, 0.4) is 0 Å². The molecule has 2 rings (SSSR count). The second-order valence-electron chi connectivity index (χ2n) is 5.59. The van der Waals surface area contributed by atoms with Gasteiger partial charge in [0, 0.05) is 23.0 Å². The fraction of sp³-hybridized carbons (Fsp3) is 0.533. The van der Waals surface area contributed by atoms with Crippen LogP contribution in [0.2, 0.25) is 0 Å². The lowest BCUT2D eigenvalue weighted by molar-refractivity contribution is 0.595. The number of benzene rings is 1. The minimum Gasteiger partial charge on any atom is -0.370 e. The van der Waals surface area contributed by atoms with Crippen molar-refractivity contribution < 1.29 is 0 Å². The summed E-state index contributed by atoms with van der Waals surface area (Å²) >= 11 is 3.46. The quantitative estimate of drug-likeness (QED) is 0.405. The van der Waals surface area contributed by atoms with Crippen LogP contribution in [0.1, 0.15) is 38.2 Å². The van der Waals surface area contributed by atoms with Crippen molar-refractivity contribution in [3.63, 3.8) is 0 Å². The van der Waals surface area contributed by atoms with Gasteiger partial charge in [-0.3, -0.25) is 4.99 Å². The molecular formula is C15H23BrIN3. The molecule has 0 heterocycles. The lowest BCUT2D eigenvalue weighted by Gasteiger charge is -2.06. The molecule has 1 aromatic rings. The average Bonchev–Trinajstić information content (AvgIpc) is 3.08. The van der Waals surface area contributed by atoms with Crippen LogP contribution in [-0.4, -0.2) is 18.5 Å². The first-order valence-corrected chi connectivity index (χ1v) is 7.67. The number of guanidine groups is 1. The highest BCUT2D eigenvalue weighted by Crippen LogP contribution is 2.40. The Morgan fingerprint density at radius 3 is 2.65 bits per heavy atom. The van der Waals surface area contributed by atoms with Gasteiger partial charge in [0.05, 0.1) is 0 Å². The van der Waals surface area contributed by atoms with E-state index in [0.29, 0.717) is 23.8 Å². The van der Waals surface area contributed by atoms with Crippen molar-refractivity contribution in [3.8, 4) is 0 Å². The molecule has 3 N–H and O–H groups in total. The van der Waals surface area contributed by atoms with Gasteiger partial charge >= 0.3 is 0 Å². The van der Waals surface area contributed by atoms with Crippen molar-refractivity contribution in [2.24, 2.45) is 16.6 Å². The van der Waals surface area contributed by atoms with Gasteiger partial charge in [0.15, 0.2) is 5.96 Å². The lowest BCUT2D eigenvalue weighted by atomic mass is 10.1. The summed E-state index contributed by atoms with van der Waals surface area (Å²) in [7, 11) is 0. The Morgan fingerprint density at radius 2 is 2.05 bits per heavy atom. The molecule has 0 radical (unpaired) electrons. The highest BCUT2D eigenvalue weighted by Gasteiger charge is 2.38. The van der Waals surface area contributed by atoms with E-state index in [-0.39, 0.29) is 24.0 Å². The summed E-state index contributed by atoms with van der Waals surface area (Å²) in [6.07, 6.45) is 2.23. The Labute approximate surface area is 147 Å². The zero-order valence-electron chi connectivity index (χ0n) is 12.0. The number of nitrogens with zero attached hydrogens (tertiary/aromatic N) is 1. The Hall–Kier alpha value is -0.300. The molecule has 1 saturated carbocycles. The molecule has 5 heteroatoms. The molecule has 20 heavy (non-hydrogen) atoms. The Morgan fingerprint density at radius 1 is 1.40 bits per heavy atom. The van der Waals surface area contributed by atoms with Crippen LogP contribution < -0.4 is 11.1 Å². The van der Waals surface area contributed by atoms with Crippen molar-refractivity contribution in [1.82, 2.24) is 5.32 Å². The molecule has 112 valence electrons. The molecule has 0 aliphatic heterocycles. The van der Waals surface area contributed by atoms with Gasteiger partial charge in [0.1, 0.15) is 0 Å². The molecule has 2 atom stereocenters. The second kappa shape index (κ2) is 8.22. The highest BCUT2D eigenvalue weighted by molar-refractivity contribution is 14.0. The van der Waals surface area contributed by atoms with Gasteiger partial charge in [-0.1, -0.05) is 41.9 Å². The van der Waals surface area contributed by atoms with Crippen LogP contribution in [0.25, 0.3) is 0 Å². The molecule has 0 aromatic heterocycles. The zero-order valence-corrected chi connectivity index (χ0v) is 15.9. The van der Waals surface area contributed by atoms with E-state index in [1.807, 2.05) is 0 Å². The molecule has 1 aliphatic rings. The van der Waals surface area contributed by atoms with Crippen LogP contribution >= 0.6 is 39.9 Å². The van der Waals surface area contributed by atoms with Crippen LogP contribution in [0.5, 0.6) is 0 Å². The number of halogens is 2. The van der Waals surface area contributed by atoms with E-state index in [1.165, 1.54) is 5.56 Å². The standard InChI is InChI=1S/C15H22BrN3.HI/c1-10(2)7-8-18-15(17)19-14-9-13(14)11-3-5-12(16)6-4-11;/h3-6,10,13-14H,7-9H2,1-2H3,(H3,17,18,19);1H. The summed E-state index contributed by atoms with van der Waals surface area (Å²) in [5, 5.41) is 3.31. The topological polar surface area (TPSA) is 50.4 Å². The third-order valence-corrected chi connectivity index (χ3v) is 3.94. The number of nitrogens with one attached hydrogen (secondary N) is 1. The minimum absolute atomic E-state index is 0. The van der Waals surface area contributed by atoms with Gasteiger partial charge in [0.2, 0.25) is 0 Å². The third-order valence-electron chi connectivity index (χ3n) is 3.41. The molecule has 2 unspecified atom stereocenters. The summed E-state index contributed by atoms with van der Waals surface area (Å²) in [5.41, 5.74) is 7.27. The maximum absolute atomic E-state index is 5.90. The van der Waals surface area contributed by atoms with Gasteiger partial charge < -0.3 is 11.1 Å². The Kier molecular flexibility index (Phi) is 7.29. The molecule has 3 nitrogen and oxygen atoms in total. The molecule has 1 aliphatic carbocycles. The summed E-state index contributed by atoms with van der Waals surface area (Å²) in [6.45, 7) is 5.21. The average molecular weight is 452 g/mol. The van der Waals surface area contributed by atoms with Crippen LogP contribution in [-0.2, 0) is 0 Å². The SMILES string of the molecule is CC(C)CCN=C(N)NC1CC1c1ccc(Br)cc1.I. The minimum atomic E-state index is 0. The molecular weight excluding hydrogens is 429 g/mol. The Balaban J connectivity index is 0.00000200. The molecule has 0 saturated heterocycles. The predicted octanol–water partition coefficient (Wildman–Crippen LogP) is 3.87. The van der Waals surface area contributed by atoms with Gasteiger partial charge in [0.25, 0.3) is 0 Å². The predicted molar refractivity (Wildman–Crippen MR) is 99.8 cm³/mol. The highest BCUT2D eigenvalue weighted by atomic mass is 127. The van der Waals surface area contributed by atoms with E-state index in [0.717, 1.165) is 23.9 Å². The maximum Gasteiger partial charge on any atom is 0.188 e. The third kappa shape index (κ3) is 5.60. The maximum atomic E-state index is 5.90. The summed E-state index contributed by atoms with van der Waals surface area (Å²) < 4.78 is 1.12. The van der Waals surface area contributed by atoms with Crippen molar-refractivity contribution in [1.29, 1.82) is 0 Å². The van der Waals surface area contributed by atoms with Gasteiger partial charge in [-0.05, 0) is 36.5 Å². The first-order valence-electron chi connectivity index (χ1n) is 6.88. The lowest BCUT2D eigenvalue weighted by Crippen LogP contribution is -2.34. The van der Waals surface area contributed by atoms with Crippen molar-refractivity contribution in [2.45, 2.75) is 38.6 Å². The fourth-order valence-corrected chi connectivity index (χ4v) is 2.38. The normalized spacial score (nSPS) is 21.5. The van der Waals surface area contributed by atoms with Gasteiger partial charge in [-0.2, -0.15) is 0 Å². The number of rotatable bonds is 5. The monoisotopic (exact) mass is 451 g/mol. The van der Waals surface area contributed by atoms with E-state index in [1.54, 1.807) is 0 Å². The van der Waals surface area contributed by atoms with Crippen molar-refractivity contribution in [3.05, 3.63) is 34.3 Å². The van der Waals surface area contributed by atoms with Crippen LogP contribution in [0.4, 0.5) is 0 Å². The smallest absolute Gasteiger partial charge is 0.188 e. The van der Waals surface area contributed by atoms with Crippen LogP contribution in [0.15, 0.2) is 33.7 Å². The fourth-order valence-electron chi connectivity index (χ4n) is 2.11. The van der Waals surface area contributed by atoms with Crippen molar-refractivity contribution >= 4 is 45.9 Å². The second-order valence-corrected chi connectivity index (χ2v) is 6.51.